The molecule has 0 bridgehead atoms. The second-order valence-electron chi connectivity index (χ2n) is 3.23. The molecule has 5 N–H and O–H groups in total. The zero-order valence-corrected chi connectivity index (χ0v) is 9.93. The van der Waals surface area contributed by atoms with E-state index in [0.29, 0.717) is 4.90 Å². The van der Waals surface area contributed by atoms with Crippen LogP contribution in [-0.2, 0) is 11.1 Å². The van der Waals surface area contributed by atoms with Gasteiger partial charge in [-0.2, -0.15) is 0 Å². The molecule has 4 nitrogen and oxygen atoms in total. The van der Waals surface area contributed by atoms with Crippen LogP contribution < -0.4 is 11.5 Å². The van der Waals surface area contributed by atoms with E-state index < -0.39 is 11.1 Å². The molecule has 0 aliphatic rings. The molecule has 0 fully saturated rings. The van der Waals surface area contributed by atoms with Crippen molar-refractivity contribution in [2.75, 3.05) is 11.5 Å². The van der Waals surface area contributed by atoms with Crippen molar-refractivity contribution in [2.24, 2.45) is 0 Å². The third-order valence-electron chi connectivity index (χ3n) is 1.88. The Morgan fingerprint density at radius 3 is 1.53 bits per heavy atom. The molecule has 5 heteroatoms. The number of benzene rings is 2. The maximum absolute atomic E-state index is 10.3. The van der Waals surface area contributed by atoms with Gasteiger partial charge in [0, 0.05) is 11.4 Å². The van der Waals surface area contributed by atoms with Crippen LogP contribution in [0.1, 0.15) is 0 Å². The molecule has 2 rings (SSSR count). The molecule has 0 heterocycles. The lowest BCUT2D eigenvalue weighted by Gasteiger charge is -1.90. The number of hydrogen-bond acceptors (Lipinski definition) is 3. The Bertz CT molecular complexity index is 451. The molecule has 0 amide bonds. The van der Waals surface area contributed by atoms with Crippen molar-refractivity contribution in [1.29, 1.82) is 0 Å². The average Bonchev–Trinajstić information content (AvgIpc) is 2.35. The maximum Gasteiger partial charge on any atom is 0.186 e. The fourth-order valence-electron chi connectivity index (χ4n) is 1.03. The molecule has 0 saturated heterocycles. The van der Waals surface area contributed by atoms with Crippen LogP contribution in [0.25, 0.3) is 0 Å². The van der Waals surface area contributed by atoms with Gasteiger partial charge in [-0.05, 0) is 36.4 Å². The van der Waals surface area contributed by atoms with Crippen LogP contribution in [0.2, 0.25) is 0 Å². The normalized spacial score (nSPS) is 11.1. The van der Waals surface area contributed by atoms with Gasteiger partial charge in [0.05, 0.1) is 4.90 Å². The van der Waals surface area contributed by atoms with Gasteiger partial charge in [-0.3, -0.25) is 0 Å². The maximum atomic E-state index is 10.3. The summed E-state index contributed by atoms with van der Waals surface area (Å²) in [5.41, 5.74) is 12.2. The molecule has 1 unspecified atom stereocenters. The SMILES string of the molecule is Nc1ccc(N)cc1.O=S(O)c1ccccc1. The highest BCUT2D eigenvalue weighted by Gasteiger charge is 1.93. The van der Waals surface area contributed by atoms with Crippen LogP contribution in [0.15, 0.2) is 59.5 Å². The summed E-state index contributed by atoms with van der Waals surface area (Å²) in [4.78, 5) is 0.442. The summed E-state index contributed by atoms with van der Waals surface area (Å²) in [6.07, 6.45) is 0. The van der Waals surface area contributed by atoms with Gasteiger partial charge < -0.3 is 16.0 Å². The first-order valence-electron chi connectivity index (χ1n) is 4.86. The van der Waals surface area contributed by atoms with Gasteiger partial charge in [0.2, 0.25) is 0 Å². The van der Waals surface area contributed by atoms with Crippen molar-refractivity contribution in [3.05, 3.63) is 54.6 Å². The Morgan fingerprint density at radius 1 is 0.824 bits per heavy atom. The molecular weight excluding hydrogens is 236 g/mol. The van der Waals surface area contributed by atoms with E-state index in [-0.39, 0.29) is 0 Å². The van der Waals surface area contributed by atoms with Crippen molar-refractivity contribution in [2.45, 2.75) is 4.90 Å². The second kappa shape index (κ2) is 6.67. The molecule has 0 radical (unpaired) electrons. The van der Waals surface area contributed by atoms with Gasteiger partial charge >= 0.3 is 0 Å². The van der Waals surface area contributed by atoms with E-state index in [1.165, 1.54) is 0 Å². The van der Waals surface area contributed by atoms with E-state index in [0.717, 1.165) is 11.4 Å². The Balaban J connectivity index is 0.000000171. The highest BCUT2D eigenvalue weighted by Crippen LogP contribution is 2.05. The van der Waals surface area contributed by atoms with Crippen LogP contribution in [0.4, 0.5) is 11.4 Å². The van der Waals surface area contributed by atoms with Crippen LogP contribution >= 0.6 is 0 Å². The largest absolute Gasteiger partial charge is 0.399 e. The zero-order valence-electron chi connectivity index (χ0n) is 9.11. The summed E-state index contributed by atoms with van der Waals surface area (Å²) in [7, 11) is 0. The second-order valence-corrected chi connectivity index (χ2v) is 4.20. The van der Waals surface area contributed by atoms with Crippen LogP contribution in [0, 0.1) is 0 Å². The number of anilines is 2. The Kier molecular flexibility index (Phi) is 5.19. The number of nitrogens with two attached hydrogens (primary N) is 2. The van der Waals surface area contributed by atoms with Crippen molar-refractivity contribution in [1.82, 2.24) is 0 Å². The molecule has 0 aromatic heterocycles. The standard InChI is InChI=1S/C6H8N2.C6H6O2S/c7-5-1-2-6(8)4-3-5;7-9(8)6-4-2-1-3-5-6/h1-4H,7-8H2;1-5H,(H,7,8). The molecule has 0 aliphatic heterocycles. The molecule has 2 aromatic rings. The minimum Gasteiger partial charge on any atom is -0.399 e. The summed E-state index contributed by atoms with van der Waals surface area (Å²) in [5.74, 6) is 0. The fourth-order valence-corrected chi connectivity index (χ4v) is 1.42. The number of rotatable bonds is 1. The van der Waals surface area contributed by atoms with Gasteiger partial charge in [0.1, 0.15) is 0 Å². The first-order valence-corrected chi connectivity index (χ1v) is 5.97. The molecule has 90 valence electrons. The van der Waals surface area contributed by atoms with Crippen LogP contribution in [-0.4, -0.2) is 8.76 Å². The predicted octanol–water partition coefficient (Wildman–Crippen LogP) is 2.12. The topological polar surface area (TPSA) is 89.3 Å². The van der Waals surface area contributed by atoms with Gasteiger partial charge in [0.25, 0.3) is 0 Å². The smallest absolute Gasteiger partial charge is 0.186 e. The minimum absolute atomic E-state index is 0.442. The van der Waals surface area contributed by atoms with Gasteiger partial charge in [0.15, 0.2) is 11.1 Å². The fraction of sp³-hybridized carbons (Fsp3) is 0. The van der Waals surface area contributed by atoms with Crippen molar-refractivity contribution < 1.29 is 8.76 Å². The molecular formula is C12H14N2O2S. The first-order chi connectivity index (χ1) is 8.09. The zero-order chi connectivity index (χ0) is 12.7. The molecule has 0 aliphatic carbocycles. The summed E-state index contributed by atoms with van der Waals surface area (Å²) in [6, 6.07) is 15.6. The minimum atomic E-state index is -1.83. The van der Waals surface area contributed by atoms with E-state index in [4.69, 9.17) is 16.0 Å². The molecule has 17 heavy (non-hydrogen) atoms. The lowest BCUT2D eigenvalue weighted by atomic mass is 10.3. The third-order valence-corrected chi connectivity index (χ3v) is 2.56. The average molecular weight is 250 g/mol. The van der Waals surface area contributed by atoms with E-state index in [1.54, 1.807) is 54.6 Å². The van der Waals surface area contributed by atoms with E-state index in [9.17, 15) is 4.21 Å². The number of nitrogen functional groups attached to an aromatic ring is 2. The highest BCUT2D eigenvalue weighted by atomic mass is 32.2. The van der Waals surface area contributed by atoms with E-state index in [1.807, 2.05) is 0 Å². The molecule has 1 atom stereocenters. The third kappa shape index (κ3) is 5.14. The first kappa shape index (κ1) is 13.2. The van der Waals surface area contributed by atoms with Crippen molar-refractivity contribution in [3.63, 3.8) is 0 Å². The predicted molar refractivity (Wildman–Crippen MR) is 70.7 cm³/mol. The van der Waals surface area contributed by atoms with Gasteiger partial charge in [-0.15, -0.1) is 0 Å². The summed E-state index contributed by atoms with van der Waals surface area (Å²) in [5, 5.41) is 0. The number of hydrogen-bond donors (Lipinski definition) is 3. The van der Waals surface area contributed by atoms with E-state index in [2.05, 4.69) is 0 Å². The lowest BCUT2D eigenvalue weighted by molar-refractivity contribution is 0.564. The highest BCUT2D eigenvalue weighted by molar-refractivity contribution is 7.79. The van der Waals surface area contributed by atoms with Crippen molar-refractivity contribution >= 4 is 22.5 Å². The summed E-state index contributed by atoms with van der Waals surface area (Å²) < 4.78 is 18.8. The summed E-state index contributed by atoms with van der Waals surface area (Å²) >= 11 is -1.83. The molecule has 0 spiro atoms. The molecule has 2 aromatic carbocycles. The molecule has 0 saturated carbocycles. The summed E-state index contributed by atoms with van der Waals surface area (Å²) in [6.45, 7) is 0. The van der Waals surface area contributed by atoms with Gasteiger partial charge in [-0.1, -0.05) is 18.2 Å². The van der Waals surface area contributed by atoms with E-state index >= 15 is 0 Å². The van der Waals surface area contributed by atoms with Crippen molar-refractivity contribution in [3.8, 4) is 0 Å². The van der Waals surface area contributed by atoms with Crippen LogP contribution in [0.5, 0.6) is 0 Å². The quantitative estimate of drug-likeness (QED) is 0.534. The Labute approximate surface area is 103 Å². The Hall–Kier alpha value is -1.85. The lowest BCUT2D eigenvalue weighted by Crippen LogP contribution is -1.86. The van der Waals surface area contributed by atoms with Gasteiger partial charge in [-0.25, -0.2) is 4.21 Å². The Morgan fingerprint density at radius 2 is 1.24 bits per heavy atom. The van der Waals surface area contributed by atoms with Crippen LogP contribution in [0.3, 0.4) is 0 Å². The monoisotopic (exact) mass is 250 g/mol.